The van der Waals surface area contributed by atoms with Crippen molar-refractivity contribution in [3.05, 3.63) is 34.6 Å². The van der Waals surface area contributed by atoms with Gasteiger partial charge in [-0.3, -0.25) is 0 Å². The zero-order valence-electron chi connectivity index (χ0n) is 12.9. The molecule has 0 heterocycles. The van der Waals surface area contributed by atoms with Crippen molar-refractivity contribution < 1.29 is 9.13 Å². The molecule has 1 aliphatic rings. The summed E-state index contributed by atoms with van der Waals surface area (Å²) in [6.45, 7) is 4.87. The Morgan fingerprint density at radius 3 is 2.95 bits per heavy atom. The van der Waals surface area contributed by atoms with E-state index in [2.05, 4.69) is 6.92 Å². The number of nitrogens with two attached hydrogens (primary N) is 1. The predicted molar refractivity (Wildman–Crippen MR) is 85.1 cm³/mol. The van der Waals surface area contributed by atoms with E-state index in [1.54, 1.807) is 12.1 Å². The second kappa shape index (κ2) is 7.08. The van der Waals surface area contributed by atoms with Crippen LogP contribution in [0.25, 0.3) is 0 Å². The molecule has 0 aliphatic heterocycles. The van der Waals surface area contributed by atoms with Gasteiger partial charge in [0, 0.05) is 17.7 Å². The molecule has 0 amide bonds. The lowest BCUT2D eigenvalue weighted by Gasteiger charge is -2.44. The molecular weight excluding hydrogens is 289 g/mol. The van der Waals surface area contributed by atoms with Gasteiger partial charge in [-0.25, -0.2) is 4.39 Å². The summed E-state index contributed by atoms with van der Waals surface area (Å²) >= 11 is 5.97. The van der Waals surface area contributed by atoms with Crippen LogP contribution in [0.4, 0.5) is 4.39 Å². The number of halogens is 2. The van der Waals surface area contributed by atoms with E-state index in [1.165, 1.54) is 12.5 Å². The maximum Gasteiger partial charge on any atom is 0.126 e. The van der Waals surface area contributed by atoms with Crippen molar-refractivity contribution in [3.63, 3.8) is 0 Å². The number of ether oxygens (including phenoxy) is 1. The number of hydrogen-bond acceptors (Lipinski definition) is 2. The molecule has 0 bridgehead atoms. The maximum atomic E-state index is 13.9. The highest BCUT2D eigenvalue weighted by Crippen LogP contribution is 2.38. The Morgan fingerprint density at radius 2 is 2.29 bits per heavy atom. The standard InChI is InChI=1S/C17H25ClFNO/c1-3-21-17(8-4-5-12(2)11-17)16(20)10-13-9-14(18)6-7-15(13)19/h6-7,9,12,16H,3-5,8,10-11,20H2,1-2H3. The summed E-state index contributed by atoms with van der Waals surface area (Å²) in [6.07, 6.45) is 4.69. The zero-order valence-corrected chi connectivity index (χ0v) is 13.6. The van der Waals surface area contributed by atoms with Crippen LogP contribution >= 0.6 is 11.6 Å². The van der Waals surface area contributed by atoms with E-state index < -0.39 is 0 Å². The van der Waals surface area contributed by atoms with Crippen LogP contribution in [-0.4, -0.2) is 18.2 Å². The van der Waals surface area contributed by atoms with Crippen LogP contribution in [0.1, 0.15) is 45.1 Å². The second-order valence-electron chi connectivity index (χ2n) is 6.25. The minimum absolute atomic E-state index is 0.215. The Morgan fingerprint density at radius 1 is 1.52 bits per heavy atom. The first-order chi connectivity index (χ1) is 9.97. The Bertz CT molecular complexity index is 478. The third kappa shape index (κ3) is 3.97. The summed E-state index contributed by atoms with van der Waals surface area (Å²) in [5, 5.41) is 0.543. The molecule has 0 saturated heterocycles. The van der Waals surface area contributed by atoms with Crippen LogP contribution in [0.3, 0.4) is 0 Å². The normalized spacial score (nSPS) is 27.6. The fourth-order valence-electron chi connectivity index (χ4n) is 3.53. The van der Waals surface area contributed by atoms with Gasteiger partial charge in [0.1, 0.15) is 5.82 Å². The number of rotatable bonds is 5. The smallest absolute Gasteiger partial charge is 0.126 e. The fourth-order valence-corrected chi connectivity index (χ4v) is 3.72. The molecule has 0 aromatic heterocycles. The molecule has 1 fully saturated rings. The largest absolute Gasteiger partial charge is 0.374 e. The van der Waals surface area contributed by atoms with Gasteiger partial charge in [-0.05, 0) is 55.9 Å². The first-order valence-electron chi connectivity index (χ1n) is 7.80. The lowest BCUT2D eigenvalue weighted by Crippen LogP contribution is -2.53. The summed E-state index contributed by atoms with van der Waals surface area (Å²) in [7, 11) is 0. The summed E-state index contributed by atoms with van der Waals surface area (Å²) in [6, 6.07) is 4.42. The molecule has 1 aromatic carbocycles. The molecule has 0 radical (unpaired) electrons. The van der Waals surface area contributed by atoms with Crippen molar-refractivity contribution in [3.8, 4) is 0 Å². The first kappa shape index (κ1) is 16.7. The zero-order chi connectivity index (χ0) is 15.5. The summed E-state index contributed by atoms with van der Waals surface area (Å²) < 4.78 is 20.0. The number of hydrogen-bond donors (Lipinski definition) is 1. The molecule has 3 atom stereocenters. The van der Waals surface area contributed by atoms with E-state index >= 15 is 0 Å². The molecule has 2 nitrogen and oxygen atoms in total. The fraction of sp³-hybridized carbons (Fsp3) is 0.647. The lowest BCUT2D eigenvalue weighted by atomic mass is 9.73. The van der Waals surface area contributed by atoms with Crippen LogP contribution in [0.2, 0.25) is 5.02 Å². The van der Waals surface area contributed by atoms with Gasteiger partial charge in [-0.1, -0.05) is 31.4 Å². The van der Waals surface area contributed by atoms with E-state index in [9.17, 15) is 4.39 Å². The minimum Gasteiger partial charge on any atom is -0.374 e. The van der Waals surface area contributed by atoms with Crippen LogP contribution in [0, 0.1) is 11.7 Å². The number of benzene rings is 1. The van der Waals surface area contributed by atoms with E-state index in [0.29, 0.717) is 29.5 Å². The average molecular weight is 314 g/mol. The average Bonchev–Trinajstić information content (AvgIpc) is 2.43. The Hall–Kier alpha value is -0.640. The third-order valence-electron chi connectivity index (χ3n) is 4.55. The van der Waals surface area contributed by atoms with E-state index in [1.807, 2.05) is 6.92 Å². The van der Waals surface area contributed by atoms with E-state index in [4.69, 9.17) is 22.1 Å². The molecular formula is C17H25ClFNO. The van der Waals surface area contributed by atoms with Gasteiger partial charge in [0.15, 0.2) is 0 Å². The molecule has 118 valence electrons. The molecule has 1 aliphatic carbocycles. The second-order valence-corrected chi connectivity index (χ2v) is 6.68. The Kier molecular flexibility index (Phi) is 5.64. The topological polar surface area (TPSA) is 35.2 Å². The van der Waals surface area contributed by atoms with Gasteiger partial charge < -0.3 is 10.5 Å². The molecule has 1 aromatic rings. The van der Waals surface area contributed by atoms with Gasteiger partial charge in [-0.2, -0.15) is 0 Å². The highest BCUT2D eigenvalue weighted by molar-refractivity contribution is 6.30. The Labute approximate surface area is 131 Å². The summed E-state index contributed by atoms with van der Waals surface area (Å²) in [4.78, 5) is 0. The van der Waals surface area contributed by atoms with Crippen LogP contribution < -0.4 is 5.73 Å². The molecule has 2 N–H and O–H groups in total. The highest BCUT2D eigenvalue weighted by atomic mass is 35.5. The minimum atomic E-state index is -0.332. The molecule has 1 saturated carbocycles. The monoisotopic (exact) mass is 313 g/mol. The van der Waals surface area contributed by atoms with Gasteiger partial charge in [0.2, 0.25) is 0 Å². The molecule has 3 unspecified atom stereocenters. The van der Waals surface area contributed by atoms with Crippen molar-refractivity contribution >= 4 is 11.6 Å². The quantitative estimate of drug-likeness (QED) is 0.878. The van der Waals surface area contributed by atoms with Crippen LogP contribution in [0.15, 0.2) is 18.2 Å². The van der Waals surface area contributed by atoms with Gasteiger partial charge in [0.25, 0.3) is 0 Å². The van der Waals surface area contributed by atoms with Crippen molar-refractivity contribution in [1.82, 2.24) is 0 Å². The Balaban J connectivity index is 2.18. The first-order valence-corrected chi connectivity index (χ1v) is 8.18. The lowest BCUT2D eigenvalue weighted by molar-refractivity contribution is -0.0926. The van der Waals surface area contributed by atoms with Crippen molar-refractivity contribution in [2.45, 2.75) is 57.6 Å². The SMILES string of the molecule is CCOC1(C(N)Cc2cc(Cl)ccc2F)CCCC(C)C1. The molecule has 21 heavy (non-hydrogen) atoms. The highest BCUT2D eigenvalue weighted by Gasteiger charge is 2.41. The molecule has 4 heteroatoms. The van der Waals surface area contributed by atoms with Crippen molar-refractivity contribution in [2.24, 2.45) is 11.7 Å². The van der Waals surface area contributed by atoms with Gasteiger partial charge in [0.05, 0.1) is 5.60 Å². The van der Waals surface area contributed by atoms with Gasteiger partial charge >= 0.3 is 0 Å². The maximum absolute atomic E-state index is 13.9. The molecule has 2 rings (SSSR count). The van der Waals surface area contributed by atoms with Crippen molar-refractivity contribution in [1.29, 1.82) is 0 Å². The van der Waals surface area contributed by atoms with Gasteiger partial charge in [-0.15, -0.1) is 0 Å². The predicted octanol–water partition coefficient (Wildman–Crippen LogP) is 4.33. The van der Waals surface area contributed by atoms with Crippen LogP contribution in [-0.2, 0) is 11.2 Å². The van der Waals surface area contributed by atoms with E-state index in [-0.39, 0.29) is 17.5 Å². The summed E-state index contributed by atoms with van der Waals surface area (Å²) in [5.41, 5.74) is 6.69. The van der Waals surface area contributed by atoms with Crippen molar-refractivity contribution in [2.75, 3.05) is 6.61 Å². The third-order valence-corrected chi connectivity index (χ3v) is 4.78. The van der Waals surface area contributed by atoms with E-state index in [0.717, 1.165) is 19.3 Å². The molecule has 0 spiro atoms. The van der Waals surface area contributed by atoms with Crippen LogP contribution in [0.5, 0.6) is 0 Å². The summed E-state index contributed by atoms with van der Waals surface area (Å²) in [5.74, 6) is 0.353.